The summed E-state index contributed by atoms with van der Waals surface area (Å²) in [5.74, 6) is 0.913. The molecule has 2 aliphatic carbocycles. The Hall–Kier alpha value is -7.98. The topological polar surface area (TPSA) is 6.48 Å². The lowest BCUT2D eigenvalue weighted by atomic mass is 9.70. The lowest BCUT2D eigenvalue weighted by Gasteiger charge is -2.31. The molecule has 0 N–H and O–H groups in total. The summed E-state index contributed by atoms with van der Waals surface area (Å²) in [5, 5.41) is 8.94. The maximum atomic E-state index is 2.56. The standard InChI is InChI=1S/C71H62N2Si/c1-45(2)48-19-28-56(29-20-48)72(55-26-17-47(5)18-27-55)59-32-23-51-41-64-65-42-52-24-33-60(73(57-30-21-49(22-31-57)46(3)4)58-34-36-61(37-35-58)74(6,7)8)40-54(52)44-69(65)71(68(64)43-53(51)39-59)66-16-12-11-15-63(66)70-62-14-10-9-13-50(62)25-38-67(70)71/h9-46H,1-8H3. The quantitative estimate of drug-likeness (QED) is 0.133. The molecule has 74 heavy (non-hydrogen) atoms. The van der Waals surface area contributed by atoms with Gasteiger partial charge in [-0.15, -0.1) is 0 Å². The van der Waals surface area contributed by atoms with Crippen molar-refractivity contribution in [2.75, 3.05) is 9.80 Å². The van der Waals surface area contributed by atoms with Crippen LogP contribution in [0.1, 0.15) is 78.5 Å². The predicted octanol–water partition coefficient (Wildman–Crippen LogP) is 19.5. The highest BCUT2D eigenvalue weighted by Gasteiger charge is 2.52. The minimum Gasteiger partial charge on any atom is -0.310 e. The number of anilines is 6. The molecule has 2 aliphatic rings. The van der Waals surface area contributed by atoms with Crippen molar-refractivity contribution < 1.29 is 0 Å². The van der Waals surface area contributed by atoms with Crippen molar-refractivity contribution >= 4 is 79.7 Å². The largest absolute Gasteiger partial charge is 0.310 e. The van der Waals surface area contributed by atoms with E-state index in [-0.39, 0.29) is 0 Å². The van der Waals surface area contributed by atoms with E-state index < -0.39 is 13.5 Å². The summed E-state index contributed by atoms with van der Waals surface area (Å²) in [6.45, 7) is 18.5. The van der Waals surface area contributed by atoms with Gasteiger partial charge in [-0.25, -0.2) is 0 Å². The van der Waals surface area contributed by atoms with Crippen LogP contribution in [-0.4, -0.2) is 8.07 Å². The number of fused-ring (bicyclic) bond motifs is 14. The van der Waals surface area contributed by atoms with Gasteiger partial charge < -0.3 is 9.80 Å². The fraction of sp³-hybridized carbons (Fsp3) is 0.155. The van der Waals surface area contributed by atoms with E-state index in [1.165, 1.54) is 104 Å². The van der Waals surface area contributed by atoms with Gasteiger partial charge in [0.1, 0.15) is 0 Å². The molecule has 0 bridgehead atoms. The number of aryl methyl sites for hydroxylation is 1. The Morgan fingerprint density at radius 1 is 0.351 bits per heavy atom. The molecule has 0 radical (unpaired) electrons. The molecule has 13 rings (SSSR count). The third kappa shape index (κ3) is 7.27. The number of hydrogen-bond donors (Lipinski definition) is 0. The molecular formula is C71H62N2Si. The molecule has 3 heteroatoms. The highest BCUT2D eigenvalue weighted by atomic mass is 28.3. The Bertz CT molecular complexity index is 3990. The third-order valence-corrected chi connectivity index (χ3v) is 18.5. The Balaban J connectivity index is 1.04. The molecule has 0 heterocycles. The second kappa shape index (κ2) is 17.3. The van der Waals surface area contributed by atoms with Crippen LogP contribution in [0.3, 0.4) is 0 Å². The third-order valence-electron chi connectivity index (χ3n) is 16.4. The van der Waals surface area contributed by atoms with Crippen molar-refractivity contribution in [1.29, 1.82) is 0 Å². The summed E-state index contributed by atoms with van der Waals surface area (Å²) < 4.78 is 0. The number of hydrogen-bond acceptors (Lipinski definition) is 2. The van der Waals surface area contributed by atoms with Crippen molar-refractivity contribution in [2.45, 2.75) is 71.5 Å². The summed E-state index contributed by atoms with van der Waals surface area (Å²) in [7, 11) is -1.50. The summed E-state index contributed by atoms with van der Waals surface area (Å²) >= 11 is 0. The molecule has 2 nitrogen and oxygen atoms in total. The Morgan fingerprint density at radius 2 is 0.797 bits per heavy atom. The highest BCUT2D eigenvalue weighted by Crippen LogP contribution is 2.65. The fourth-order valence-corrected chi connectivity index (χ4v) is 13.6. The van der Waals surface area contributed by atoms with Crippen molar-refractivity contribution in [2.24, 2.45) is 0 Å². The first-order valence-corrected chi connectivity index (χ1v) is 30.1. The van der Waals surface area contributed by atoms with E-state index in [0.29, 0.717) is 11.8 Å². The summed E-state index contributed by atoms with van der Waals surface area (Å²) in [5.41, 5.74) is 20.9. The number of benzene rings is 11. The van der Waals surface area contributed by atoms with Crippen LogP contribution in [0.15, 0.2) is 218 Å². The molecule has 0 fully saturated rings. The van der Waals surface area contributed by atoms with Crippen LogP contribution < -0.4 is 15.0 Å². The van der Waals surface area contributed by atoms with E-state index >= 15 is 0 Å². The molecule has 0 saturated carbocycles. The summed E-state index contributed by atoms with van der Waals surface area (Å²) in [4.78, 5) is 4.87. The normalized spacial score (nSPS) is 14.5. The zero-order valence-electron chi connectivity index (χ0n) is 43.8. The summed E-state index contributed by atoms with van der Waals surface area (Å²) in [6, 6.07) is 84.0. The maximum Gasteiger partial charge on any atom is 0.0775 e. The maximum absolute atomic E-state index is 2.56. The van der Waals surface area contributed by atoms with Gasteiger partial charge in [0, 0.05) is 34.1 Å². The van der Waals surface area contributed by atoms with Crippen molar-refractivity contribution in [3.8, 4) is 22.3 Å². The van der Waals surface area contributed by atoms with Crippen LogP contribution >= 0.6 is 0 Å². The zero-order valence-corrected chi connectivity index (χ0v) is 44.8. The first-order valence-electron chi connectivity index (χ1n) is 26.6. The molecule has 0 aliphatic heterocycles. The minimum atomic E-state index is -1.50. The van der Waals surface area contributed by atoms with Crippen LogP contribution in [0.25, 0.3) is 54.6 Å². The SMILES string of the molecule is Cc1ccc(N(c2ccc(C(C)C)cc2)c2ccc3cc4c(cc3c2)C2(c3cc5cc(N(c6ccc(C(C)C)cc6)c6ccc([Si](C)(C)C)cc6)ccc5cc3-4)c3ccccc3-c3c2ccc2ccccc32)cc1. The first-order chi connectivity index (χ1) is 35.8. The van der Waals surface area contributed by atoms with Gasteiger partial charge >= 0.3 is 0 Å². The van der Waals surface area contributed by atoms with Crippen LogP contribution in [0.4, 0.5) is 34.1 Å². The first kappa shape index (κ1) is 45.8. The van der Waals surface area contributed by atoms with Gasteiger partial charge in [0.15, 0.2) is 0 Å². The summed E-state index contributed by atoms with van der Waals surface area (Å²) in [6.07, 6.45) is 0. The molecule has 0 saturated heterocycles. The van der Waals surface area contributed by atoms with E-state index in [0.717, 1.165) is 28.4 Å². The average Bonchev–Trinajstić information content (AvgIpc) is 3.88. The molecule has 0 aromatic heterocycles. The monoisotopic (exact) mass is 970 g/mol. The van der Waals surface area contributed by atoms with Crippen molar-refractivity contribution in [3.05, 3.63) is 257 Å². The Labute approximate surface area is 438 Å². The van der Waals surface area contributed by atoms with Crippen LogP contribution in [0.5, 0.6) is 0 Å². The number of nitrogens with zero attached hydrogens (tertiary/aromatic N) is 2. The van der Waals surface area contributed by atoms with Gasteiger partial charge in [0.25, 0.3) is 0 Å². The molecule has 1 atom stereocenters. The predicted molar refractivity (Wildman–Crippen MR) is 321 cm³/mol. The molecule has 1 spiro atoms. The second-order valence-electron chi connectivity index (χ2n) is 22.7. The van der Waals surface area contributed by atoms with E-state index in [2.05, 4.69) is 282 Å². The van der Waals surface area contributed by atoms with E-state index in [1.807, 2.05) is 0 Å². The highest BCUT2D eigenvalue weighted by molar-refractivity contribution is 6.88. The average molecular weight is 971 g/mol. The van der Waals surface area contributed by atoms with E-state index in [1.54, 1.807) is 0 Å². The second-order valence-corrected chi connectivity index (χ2v) is 27.7. The van der Waals surface area contributed by atoms with Gasteiger partial charge in [0.2, 0.25) is 0 Å². The smallest absolute Gasteiger partial charge is 0.0775 e. The molecule has 1 unspecified atom stereocenters. The Kier molecular flexibility index (Phi) is 10.7. The van der Waals surface area contributed by atoms with Crippen LogP contribution in [0, 0.1) is 6.92 Å². The van der Waals surface area contributed by atoms with Crippen molar-refractivity contribution in [3.63, 3.8) is 0 Å². The zero-order chi connectivity index (χ0) is 50.6. The lowest BCUT2D eigenvalue weighted by molar-refractivity contribution is 0.797. The van der Waals surface area contributed by atoms with Gasteiger partial charge in [-0.1, -0.05) is 179 Å². The number of rotatable bonds is 9. The fourth-order valence-electron chi connectivity index (χ4n) is 12.4. The Morgan fingerprint density at radius 3 is 1.31 bits per heavy atom. The van der Waals surface area contributed by atoms with E-state index in [4.69, 9.17) is 0 Å². The van der Waals surface area contributed by atoms with Gasteiger partial charge in [-0.2, -0.15) is 0 Å². The lowest BCUT2D eigenvalue weighted by Crippen LogP contribution is -2.37. The molecular weight excluding hydrogens is 909 g/mol. The van der Waals surface area contributed by atoms with Gasteiger partial charge in [0.05, 0.1) is 13.5 Å². The van der Waals surface area contributed by atoms with Crippen LogP contribution in [-0.2, 0) is 5.41 Å². The van der Waals surface area contributed by atoms with Crippen LogP contribution in [0.2, 0.25) is 19.6 Å². The minimum absolute atomic E-state index is 0.456. The van der Waals surface area contributed by atoms with Gasteiger partial charge in [-0.05, 0) is 204 Å². The van der Waals surface area contributed by atoms with E-state index in [9.17, 15) is 0 Å². The van der Waals surface area contributed by atoms with Crippen molar-refractivity contribution in [1.82, 2.24) is 0 Å². The molecule has 0 amide bonds. The molecule has 11 aromatic rings. The molecule has 360 valence electrons. The molecule has 11 aromatic carbocycles. The van der Waals surface area contributed by atoms with Gasteiger partial charge in [-0.3, -0.25) is 0 Å².